The van der Waals surface area contributed by atoms with Crippen LogP contribution < -0.4 is 10.1 Å². The largest absolute Gasteiger partial charge is 0.494 e. The van der Waals surface area contributed by atoms with Crippen molar-refractivity contribution in [1.29, 1.82) is 0 Å². The fraction of sp³-hybridized carbons (Fsp3) is 0.500. The minimum atomic E-state index is -2.82. The van der Waals surface area contributed by atoms with Crippen LogP contribution in [-0.4, -0.2) is 37.6 Å². The second kappa shape index (κ2) is 5.81. The first kappa shape index (κ1) is 14.6. The summed E-state index contributed by atoms with van der Waals surface area (Å²) in [6.07, 6.45) is 1.31. The maximum Gasteiger partial charge on any atom is 0.184 e. The highest BCUT2D eigenvalue weighted by Gasteiger charge is 2.24. The Kier molecular flexibility index (Phi) is 4.03. The van der Waals surface area contributed by atoms with E-state index in [-0.39, 0.29) is 17.5 Å². The molecule has 2 heterocycles. The van der Waals surface area contributed by atoms with Gasteiger partial charge in [0, 0.05) is 6.04 Å². The lowest BCUT2D eigenvalue weighted by Crippen LogP contribution is -2.32. The number of nitrogens with zero attached hydrogens (tertiary/aromatic N) is 1. The molecular weight excluding hydrogens is 308 g/mol. The van der Waals surface area contributed by atoms with Crippen molar-refractivity contribution in [3.05, 3.63) is 18.2 Å². The number of benzene rings is 1. The van der Waals surface area contributed by atoms with Gasteiger partial charge in [-0.25, -0.2) is 13.4 Å². The lowest BCUT2D eigenvalue weighted by Gasteiger charge is -2.22. The normalized spacial score (nSPS) is 18.7. The highest BCUT2D eigenvalue weighted by atomic mass is 32.2. The number of sulfone groups is 1. The van der Waals surface area contributed by atoms with Gasteiger partial charge in [0.25, 0.3) is 0 Å². The van der Waals surface area contributed by atoms with Crippen molar-refractivity contribution >= 4 is 36.5 Å². The summed E-state index contributed by atoms with van der Waals surface area (Å²) in [6, 6.07) is 6.06. The molecule has 0 saturated carbocycles. The summed E-state index contributed by atoms with van der Waals surface area (Å²) in [5.41, 5.74) is 0.939. The van der Waals surface area contributed by atoms with E-state index in [0.29, 0.717) is 19.4 Å². The summed E-state index contributed by atoms with van der Waals surface area (Å²) >= 11 is 1.58. The Hall–Kier alpha value is -1.34. The van der Waals surface area contributed by atoms with Crippen molar-refractivity contribution in [2.45, 2.75) is 25.8 Å². The zero-order valence-electron chi connectivity index (χ0n) is 11.8. The molecule has 0 radical (unpaired) electrons. The number of nitrogens with one attached hydrogen (secondary N) is 1. The first-order chi connectivity index (χ1) is 10.1. The third kappa shape index (κ3) is 3.47. The van der Waals surface area contributed by atoms with E-state index in [1.54, 1.807) is 11.3 Å². The van der Waals surface area contributed by atoms with Gasteiger partial charge in [0.05, 0.1) is 28.3 Å². The van der Waals surface area contributed by atoms with E-state index < -0.39 is 9.84 Å². The second-order valence-electron chi connectivity index (χ2n) is 5.15. The molecule has 21 heavy (non-hydrogen) atoms. The van der Waals surface area contributed by atoms with E-state index in [9.17, 15) is 8.42 Å². The molecule has 1 aromatic heterocycles. The van der Waals surface area contributed by atoms with Crippen LogP contribution in [0.5, 0.6) is 5.75 Å². The van der Waals surface area contributed by atoms with Gasteiger partial charge in [0.1, 0.15) is 15.6 Å². The van der Waals surface area contributed by atoms with Crippen molar-refractivity contribution in [2.75, 3.05) is 23.4 Å². The number of hydrogen-bond acceptors (Lipinski definition) is 6. The minimum absolute atomic E-state index is 0.195. The average molecular weight is 326 g/mol. The van der Waals surface area contributed by atoms with Crippen LogP contribution in [0.25, 0.3) is 10.2 Å². The standard InChI is InChI=1S/C14H18N2O3S2/c1-2-19-11-3-4-12-13(9-11)20-14(16-12)15-10-5-7-21(17,18)8-6-10/h3-4,9-10H,2,5-8H2,1H3,(H,15,16). The molecule has 0 aliphatic carbocycles. The SMILES string of the molecule is CCOc1ccc2nc(NC3CCS(=O)(=O)CC3)sc2c1. The van der Waals surface area contributed by atoms with Crippen LogP contribution in [0.2, 0.25) is 0 Å². The van der Waals surface area contributed by atoms with Gasteiger partial charge >= 0.3 is 0 Å². The molecule has 114 valence electrons. The van der Waals surface area contributed by atoms with E-state index in [1.165, 1.54) is 0 Å². The zero-order chi connectivity index (χ0) is 14.9. The average Bonchev–Trinajstić information content (AvgIpc) is 2.83. The van der Waals surface area contributed by atoms with Gasteiger partial charge in [0.15, 0.2) is 5.13 Å². The zero-order valence-corrected chi connectivity index (χ0v) is 13.5. The number of fused-ring (bicyclic) bond motifs is 1. The van der Waals surface area contributed by atoms with Crippen LogP contribution in [0.15, 0.2) is 18.2 Å². The maximum atomic E-state index is 11.4. The van der Waals surface area contributed by atoms with Crippen LogP contribution >= 0.6 is 11.3 Å². The number of ether oxygens (including phenoxy) is 1. The van der Waals surface area contributed by atoms with Crippen molar-refractivity contribution in [2.24, 2.45) is 0 Å². The molecular formula is C14H18N2O3S2. The topological polar surface area (TPSA) is 68.3 Å². The van der Waals surface area contributed by atoms with Gasteiger partial charge in [-0.3, -0.25) is 0 Å². The quantitative estimate of drug-likeness (QED) is 0.935. The van der Waals surface area contributed by atoms with Gasteiger partial charge in [-0.15, -0.1) is 0 Å². The molecule has 3 rings (SSSR count). The summed E-state index contributed by atoms with van der Waals surface area (Å²) in [6.45, 7) is 2.60. The fourth-order valence-electron chi connectivity index (χ4n) is 2.43. The Labute approximate surface area is 128 Å². The lowest BCUT2D eigenvalue weighted by atomic mass is 10.2. The first-order valence-electron chi connectivity index (χ1n) is 7.06. The van der Waals surface area contributed by atoms with Gasteiger partial charge in [0.2, 0.25) is 0 Å². The summed E-state index contributed by atoms with van der Waals surface area (Å²) in [4.78, 5) is 4.55. The highest BCUT2D eigenvalue weighted by molar-refractivity contribution is 7.91. The van der Waals surface area contributed by atoms with Crippen molar-refractivity contribution in [3.8, 4) is 5.75 Å². The lowest BCUT2D eigenvalue weighted by molar-refractivity contribution is 0.341. The summed E-state index contributed by atoms with van der Waals surface area (Å²) in [5, 5.41) is 4.21. The molecule has 0 amide bonds. The summed E-state index contributed by atoms with van der Waals surface area (Å²) < 4.78 is 29.4. The van der Waals surface area contributed by atoms with Crippen molar-refractivity contribution in [1.82, 2.24) is 4.98 Å². The Morgan fingerprint density at radius 1 is 1.38 bits per heavy atom. The van der Waals surface area contributed by atoms with Gasteiger partial charge < -0.3 is 10.1 Å². The van der Waals surface area contributed by atoms with Crippen LogP contribution in [0, 0.1) is 0 Å². The molecule has 1 aromatic carbocycles. The maximum absolute atomic E-state index is 11.4. The van der Waals surface area contributed by atoms with Gasteiger partial charge in [-0.2, -0.15) is 0 Å². The molecule has 0 bridgehead atoms. The van der Waals surface area contributed by atoms with Crippen molar-refractivity contribution in [3.63, 3.8) is 0 Å². The molecule has 0 atom stereocenters. The molecule has 1 fully saturated rings. The number of anilines is 1. The molecule has 1 aliphatic rings. The number of hydrogen-bond donors (Lipinski definition) is 1. The minimum Gasteiger partial charge on any atom is -0.494 e. The van der Waals surface area contributed by atoms with Crippen LogP contribution in [-0.2, 0) is 9.84 Å². The molecule has 1 aliphatic heterocycles. The number of rotatable bonds is 4. The first-order valence-corrected chi connectivity index (χ1v) is 9.70. The second-order valence-corrected chi connectivity index (χ2v) is 8.49. The van der Waals surface area contributed by atoms with E-state index >= 15 is 0 Å². The van der Waals surface area contributed by atoms with E-state index in [0.717, 1.165) is 21.1 Å². The van der Waals surface area contributed by atoms with Crippen LogP contribution in [0.3, 0.4) is 0 Å². The molecule has 2 aromatic rings. The molecule has 7 heteroatoms. The van der Waals surface area contributed by atoms with Crippen molar-refractivity contribution < 1.29 is 13.2 Å². The molecule has 1 N–H and O–H groups in total. The molecule has 5 nitrogen and oxygen atoms in total. The summed E-state index contributed by atoms with van der Waals surface area (Å²) in [5.74, 6) is 1.39. The predicted molar refractivity (Wildman–Crippen MR) is 86.1 cm³/mol. The Bertz CT molecular complexity index is 726. The molecule has 0 unspecified atom stereocenters. The van der Waals surface area contributed by atoms with Gasteiger partial charge in [-0.1, -0.05) is 11.3 Å². The monoisotopic (exact) mass is 326 g/mol. The highest BCUT2D eigenvalue weighted by Crippen LogP contribution is 2.30. The fourth-order valence-corrected chi connectivity index (χ4v) is 4.89. The third-order valence-corrected chi connectivity index (χ3v) is 6.22. The number of thiazole rings is 1. The van der Waals surface area contributed by atoms with E-state index in [4.69, 9.17) is 4.74 Å². The van der Waals surface area contributed by atoms with E-state index in [1.807, 2.05) is 25.1 Å². The van der Waals surface area contributed by atoms with Gasteiger partial charge in [-0.05, 0) is 38.0 Å². The van der Waals surface area contributed by atoms with Crippen LogP contribution in [0.1, 0.15) is 19.8 Å². The van der Waals surface area contributed by atoms with Crippen LogP contribution in [0.4, 0.5) is 5.13 Å². The summed E-state index contributed by atoms with van der Waals surface area (Å²) in [7, 11) is -2.82. The molecule has 1 saturated heterocycles. The number of aromatic nitrogens is 1. The smallest absolute Gasteiger partial charge is 0.184 e. The Morgan fingerprint density at radius 2 is 2.14 bits per heavy atom. The predicted octanol–water partition coefficient (Wildman–Crippen LogP) is 2.68. The Balaban J connectivity index is 1.73. The van der Waals surface area contributed by atoms with E-state index in [2.05, 4.69) is 10.3 Å². The Morgan fingerprint density at radius 3 is 2.86 bits per heavy atom. The molecule has 0 spiro atoms. The third-order valence-electron chi connectivity index (χ3n) is 3.55.